The zero-order chi connectivity index (χ0) is 17.1. The van der Waals surface area contributed by atoms with Gasteiger partial charge in [-0.15, -0.1) is 5.10 Å². The molecule has 0 aliphatic heterocycles. The van der Waals surface area contributed by atoms with E-state index in [9.17, 15) is 15.2 Å². The molecule has 0 radical (unpaired) electrons. The summed E-state index contributed by atoms with van der Waals surface area (Å²) < 4.78 is 0. The maximum Gasteiger partial charge on any atom is 0.312 e. The number of aromatic nitrogens is 2. The van der Waals surface area contributed by atoms with E-state index < -0.39 is 16.4 Å². The van der Waals surface area contributed by atoms with Gasteiger partial charge >= 0.3 is 5.69 Å². The Bertz CT molecular complexity index is 956. The predicted octanol–water partition coefficient (Wildman–Crippen LogP) is 3.34. The van der Waals surface area contributed by atoms with Crippen LogP contribution in [0, 0.1) is 10.1 Å². The Kier molecular flexibility index (Phi) is 4.21. The molecule has 0 aliphatic carbocycles. The summed E-state index contributed by atoms with van der Waals surface area (Å²) in [5.41, 5.74) is 2.32. The van der Waals surface area contributed by atoms with Crippen LogP contribution in [0.5, 0.6) is 5.75 Å². The van der Waals surface area contributed by atoms with Gasteiger partial charge in [0.2, 0.25) is 5.75 Å². The molecule has 0 atom stereocenters. The number of fused-ring (bicyclic) bond motifs is 1. The molecule has 9 heteroatoms. The number of phenols is 1. The van der Waals surface area contributed by atoms with Crippen molar-refractivity contribution in [2.45, 2.75) is 0 Å². The van der Waals surface area contributed by atoms with Crippen LogP contribution in [0.2, 0.25) is 5.02 Å². The molecule has 0 bridgehead atoms. The summed E-state index contributed by atoms with van der Waals surface area (Å²) in [7, 11) is 0. The van der Waals surface area contributed by atoms with Gasteiger partial charge in [-0.3, -0.25) is 15.5 Å². The van der Waals surface area contributed by atoms with Crippen molar-refractivity contribution in [2.24, 2.45) is 5.10 Å². The predicted molar refractivity (Wildman–Crippen MR) is 90.5 cm³/mol. The molecule has 8 nitrogen and oxygen atoms in total. The van der Waals surface area contributed by atoms with E-state index in [1.807, 2.05) is 24.3 Å². The second-order valence-electron chi connectivity index (χ2n) is 4.77. The molecule has 2 N–H and O–H groups in total. The van der Waals surface area contributed by atoms with Gasteiger partial charge in [0.1, 0.15) is 0 Å². The van der Waals surface area contributed by atoms with E-state index in [-0.39, 0.29) is 10.6 Å². The van der Waals surface area contributed by atoms with E-state index in [4.69, 9.17) is 11.6 Å². The first kappa shape index (κ1) is 15.6. The molecule has 24 heavy (non-hydrogen) atoms. The highest BCUT2D eigenvalue weighted by Crippen LogP contribution is 2.32. The number of hydrogen-bond acceptors (Lipinski definition) is 7. The normalized spacial score (nSPS) is 11.0. The zero-order valence-electron chi connectivity index (χ0n) is 12.0. The first-order valence-electron chi connectivity index (χ1n) is 6.72. The van der Waals surface area contributed by atoms with Crippen molar-refractivity contribution < 1.29 is 10.0 Å². The van der Waals surface area contributed by atoms with E-state index in [0.717, 1.165) is 16.8 Å². The van der Waals surface area contributed by atoms with Crippen LogP contribution >= 0.6 is 11.6 Å². The lowest BCUT2D eigenvalue weighted by atomic mass is 10.2. The Morgan fingerprint density at radius 3 is 2.92 bits per heavy atom. The largest absolute Gasteiger partial charge is 0.502 e. The van der Waals surface area contributed by atoms with Crippen LogP contribution in [0.3, 0.4) is 0 Å². The standard InChI is InChI=1S/C15H10ClN5O3/c16-11-5-10(14(22)13(6-11)21(23)24)8-18-20-15-12-4-2-1-3-9(12)7-17-19-15/h1-8,22H,(H,19,20). The Morgan fingerprint density at radius 1 is 1.33 bits per heavy atom. The summed E-state index contributed by atoms with van der Waals surface area (Å²) in [6.45, 7) is 0. The molecule has 0 fully saturated rings. The van der Waals surface area contributed by atoms with E-state index in [1.54, 1.807) is 6.20 Å². The highest BCUT2D eigenvalue weighted by Gasteiger charge is 2.17. The van der Waals surface area contributed by atoms with Crippen molar-refractivity contribution in [3.63, 3.8) is 0 Å². The molecule has 0 saturated heterocycles. The fourth-order valence-electron chi connectivity index (χ4n) is 2.12. The average Bonchev–Trinajstić information content (AvgIpc) is 2.57. The van der Waals surface area contributed by atoms with Crippen LogP contribution < -0.4 is 5.43 Å². The molecule has 3 aromatic rings. The summed E-state index contributed by atoms with van der Waals surface area (Å²) >= 11 is 5.82. The first-order valence-corrected chi connectivity index (χ1v) is 7.10. The molecule has 0 saturated carbocycles. The SMILES string of the molecule is O=[N+]([O-])c1cc(Cl)cc(C=NNc2nncc3ccccc23)c1O. The van der Waals surface area contributed by atoms with Gasteiger partial charge in [-0.2, -0.15) is 10.2 Å². The van der Waals surface area contributed by atoms with E-state index in [2.05, 4.69) is 20.7 Å². The van der Waals surface area contributed by atoms with Crippen LogP contribution in [-0.2, 0) is 0 Å². The van der Waals surface area contributed by atoms with Crippen molar-refractivity contribution in [3.8, 4) is 5.75 Å². The Morgan fingerprint density at radius 2 is 2.12 bits per heavy atom. The molecule has 0 spiro atoms. The van der Waals surface area contributed by atoms with Crippen molar-refractivity contribution in [1.29, 1.82) is 0 Å². The fourth-order valence-corrected chi connectivity index (χ4v) is 2.34. The van der Waals surface area contributed by atoms with Crippen LogP contribution in [0.1, 0.15) is 5.56 Å². The van der Waals surface area contributed by atoms with Gasteiger partial charge < -0.3 is 5.11 Å². The van der Waals surface area contributed by atoms with Crippen LogP contribution in [0.4, 0.5) is 11.5 Å². The van der Waals surface area contributed by atoms with Crippen molar-refractivity contribution >= 4 is 40.1 Å². The van der Waals surface area contributed by atoms with E-state index in [0.29, 0.717) is 5.82 Å². The average molecular weight is 344 g/mol. The number of hydrogen-bond donors (Lipinski definition) is 2. The Hall–Kier alpha value is -3.26. The summed E-state index contributed by atoms with van der Waals surface area (Å²) in [5, 5.41) is 34.3. The summed E-state index contributed by atoms with van der Waals surface area (Å²) in [6, 6.07) is 9.89. The molecule has 3 rings (SSSR count). The number of nitro groups is 1. The van der Waals surface area contributed by atoms with Crippen LogP contribution in [-0.4, -0.2) is 26.4 Å². The van der Waals surface area contributed by atoms with Gasteiger partial charge in [0.25, 0.3) is 0 Å². The number of nitro benzene ring substituents is 1. The minimum atomic E-state index is -0.720. The zero-order valence-corrected chi connectivity index (χ0v) is 12.8. The van der Waals surface area contributed by atoms with Gasteiger partial charge in [0, 0.05) is 27.4 Å². The number of nitrogens with one attached hydrogen (secondary N) is 1. The lowest BCUT2D eigenvalue weighted by Gasteiger charge is -2.04. The van der Waals surface area contributed by atoms with E-state index >= 15 is 0 Å². The highest BCUT2D eigenvalue weighted by atomic mass is 35.5. The molecule has 0 unspecified atom stereocenters. The third kappa shape index (κ3) is 3.08. The molecule has 0 amide bonds. The van der Waals surface area contributed by atoms with Crippen molar-refractivity contribution in [3.05, 3.63) is 63.3 Å². The molecular weight excluding hydrogens is 334 g/mol. The number of benzene rings is 2. The lowest BCUT2D eigenvalue weighted by Crippen LogP contribution is -1.97. The molecule has 120 valence electrons. The maximum absolute atomic E-state index is 10.9. The number of halogens is 1. The van der Waals surface area contributed by atoms with Crippen LogP contribution in [0.25, 0.3) is 10.8 Å². The van der Waals surface area contributed by atoms with Gasteiger partial charge in [0.05, 0.1) is 17.3 Å². The highest BCUT2D eigenvalue weighted by molar-refractivity contribution is 6.31. The Labute approximate surface area is 140 Å². The van der Waals surface area contributed by atoms with Crippen LogP contribution in [0.15, 0.2) is 47.7 Å². The number of anilines is 1. The van der Waals surface area contributed by atoms with Gasteiger partial charge in [-0.1, -0.05) is 35.9 Å². The third-order valence-corrected chi connectivity index (χ3v) is 3.44. The number of rotatable bonds is 4. The molecule has 1 aromatic heterocycles. The number of hydrazone groups is 1. The summed E-state index contributed by atoms with van der Waals surface area (Å²) in [5.74, 6) is -0.0979. The summed E-state index contributed by atoms with van der Waals surface area (Å²) in [4.78, 5) is 10.2. The monoisotopic (exact) mass is 343 g/mol. The van der Waals surface area contributed by atoms with Gasteiger partial charge in [-0.25, -0.2) is 0 Å². The van der Waals surface area contributed by atoms with Crippen molar-refractivity contribution in [2.75, 3.05) is 5.43 Å². The fraction of sp³-hybridized carbons (Fsp3) is 0. The second kappa shape index (κ2) is 6.47. The molecule has 2 aromatic carbocycles. The Balaban J connectivity index is 1.90. The number of aromatic hydroxyl groups is 1. The smallest absolute Gasteiger partial charge is 0.312 e. The molecule has 1 heterocycles. The lowest BCUT2D eigenvalue weighted by molar-refractivity contribution is -0.385. The minimum Gasteiger partial charge on any atom is -0.502 e. The third-order valence-electron chi connectivity index (χ3n) is 3.23. The quantitative estimate of drug-likeness (QED) is 0.426. The van der Waals surface area contributed by atoms with E-state index in [1.165, 1.54) is 12.3 Å². The second-order valence-corrected chi connectivity index (χ2v) is 5.21. The number of nitrogens with zero attached hydrogens (tertiary/aromatic N) is 4. The molecular formula is C15H10ClN5O3. The van der Waals surface area contributed by atoms with Crippen molar-refractivity contribution in [1.82, 2.24) is 10.2 Å². The van der Waals surface area contributed by atoms with Gasteiger partial charge in [0.15, 0.2) is 5.82 Å². The number of phenolic OH excluding ortho intramolecular Hbond substituents is 1. The van der Waals surface area contributed by atoms with Gasteiger partial charge in [-0.05, 0) is 6.07 Å². The minimum absolute atomic E-state index is 0.106. The first-order chi connectivity index (χ1) is 11.6. The summed E-state index contributed by atoms with van der Waals surface area (Å²) in [6.07, 6.45) is 2.84. The maximum atomic E-state index is 10.9. The molecule has 0 aliphatic rings. The topological polar surface area (TPSA) is 114 Å².